The summed E-state index contributed by atoms with van der Waals surface area (Å²) in [5.74, 6) is -2.96. The molecule has 120 valence electrons. The fourth-order valence-electron chi connectivity index (χ4n) is 1.98. The summed E-state index contributed by atoms with van der Waals surface area (Å²) in [6.07, 6.45) is 4.15. The van der Waals surface area contributed by atoms with Gasteiger partial charge in [0.15, 0.2) is 0 Å². The summed E-state index contributed by atoms with van der Waals surface area (Å²) in [5, 5.41) is 18.0. The fourth-order valence-corrected chi connectivity index (χ4v) is 3.34. The molecule has 1 saturated heterocycles. The van der Waals surface area contributed by atoms with Crippen LogP contribution in [-0.4, -0.2) is 48.3 Å². The second-order valence-corrected chi connectivity index (χ2v) is 6.30. The SMILES string of the molecule is O=C(O)CCC(C(=O)O)N1C(=O)C(=Cc2cccnc2)SC1=S. The Morgan fingerprint density at radius 1 is 1.43 bits per heavy atom. The van der Waals surface area contributed by atoms with Crippen molar-refractivity contribution in [2.45, 2.75) is 18.9 Å². The van der Waals surface area contributed by atoms with E-state index in [4.69, 9.17) is 17.3 Å². The number of amides is 1. The van der Waals surface area contributed by atoms with Gasteiger partial charge in [-0.15, -0.1) is 0 Å². The zero-order chi connectivity index (χ0) is 17.0. The molecule has 0 aliphatic carbocycles. The van der Waals surface area contributed by atoms with Crippen molar-refractivity contribution in [2.24, 2.45) is 0 Å². The van der Waals surface area contributed by atoms with Crippen LogP contribution in [-0.2, 0) is 14.4 Å². The van der Waals surface area contributed by atoms with Crippen LogP contribution in [0, 0.1) is 0 Å². The van der Waals surface area contributed by atoms with E-state index >= 15 is 0 Å². The second-order valence-electron chi connectivity index (χ2n) is 4.62. The molecule has 1 aliphatic rings. The lowest BCUT2D eigenvalue weighted by Crippen LogP contribution is -2.44. The first kappa shape index (κ1) is 17.1. The van der Waals surface area contributed by atoms with E-state index in [1.54, 1.807) is 30.6 Å². The molecule has 1 aliphatic heterocycles. The van der Waals surface area contributed by atoms with Crippen molar-refractivity contribution in [3.63, 3.8) is 0 Å². The molecule has 0 bridgehead atoms. The molecule has 0 radical (unpaired) electrons. The van der Waals surface area contributed by atoms with Crippen LogP contribution >= 0.6 is 24.0 Å². The molecule has 2 N–H and O–H groups in total. The summed E-state index contributed by atoms with van der Waals surface area (Å²) in [5.41, 5.74) is 0.686. The predicted octanol–water partition coefficient (Wildman–Crippen LogP) is 1.60. The van der Waals surface area contributed by atoms with E-state index in [0.29, 0.717) is 5.56 Å². The maximum atomic E-state index is 12.4. The van der Waals surface area contributed by atoms with Crippen molar-refractivity contribution in [3.05, 3.63) is 35.0 Å². The molecule has 0 saturated carbocycles. The van der Waals surface area contributed by atoms with Crippen LogP contribution in [0.15, 0.2) is 29.4 Å². The number of rotatable bonds is 6. The number of carbonyl (C=O) groups is 3. The molecule has 1 amide bonds. The first-order valence-electron chi connectivity index (χ1n) is 6.52. The normalized spacial score (nSPS) is 17.6. The molecule has 1 aromatic rings. The lowest BCUT2D eigenvalue weighted by atomic mass is 10.1. The van der Waals surface area contributed by atoms with Crippen molar-refractivity contribution < 1.29 is 24.6 Å². The molecule has 0 spiro atoms. The van der Waals surface area contributed by atoms with Crippen LogP contribution in [0.5, 0.6) is 0 Å². The molecule has 23 heavy (non-hydrogen) atoms. The largest absolute Gasteiger partial charge is 0.481 e. The third kappa shape index (κ3) is 4.14. The Bertz CT molecular complexity index is 690. The Hall–Kier alpha value is -2.26. The molecular formula is C14H12N2O5S2. The van der Waals surface area contributed by atoms with Gasteiger partial charge in [0.25, 0.3) is 5.91 Å². The highest BCUT2D eigenvalue weighted by molar-refractivity contribution is 8.26. The summed E-state index contributed by atoms with van der Waals surface area (Å²) in [6.45, 7) is 0. The molecule has 2 rings (SSSR count). The topological polar surface area (TPSA) is 108 Å². The number of aliphatic carboxylic acids is 2. The van der Waals surface area contributed by atoms with Crippen molar-refractivity contribution in [3.8, 4) is 0 Å². The average Bonchev–Trinajstić information content (AvgIpc) is 2.75. The first-order chi connectivity index (χ1) is 10.9. The van der Waals surface area contributed by atoms with Crippen LogP contribution in [0.3, 0.4) is 0 Å². The first-order valence-corrected chi connectivity index (χ1v) is 7.74. The third-order valence-corrected chi connectivity index (χ3v) is 4.36. The summed E-state index contributed by atoms with van der Waals surface area (Å²) in [4.78, 5) is 39.6. The Kier molecular flexibility index (Phi) is 5.45. The van der Waals surface area contributed by atoms with Crippen molar-refractivity contribution in [2.75, 3.05) is 0 Å². The van der Waals surface area contributed by atoms with Gasteiger partial charge in [0.05, 0.1) is 4.91 Å². The Morgan fingerprint density at radius 2 is 2.17 bits per heavy atom. The lowest BCUT2D eigenvalue weighted by Gasteiger charge is -2.22. The van der Waals surface area contributed by atoms with Crippen molar-refractivity contribution in [1.29, 1.82) is 0 Å². The smallest absolute Gasteiger partial charge is 0.326 e. The minimum Gasteiger partial charge on any atom is -0.481 e. The van der Waals surface area contributed by atoms with E-state index < -0.39 is 23.9 Å². The van der Waals surface area contributed by atoms with E-state index in [0.717, 1.165) is 16.7 Å². The standard InChI is InChI=1S/C14H12N2O5S2/c17-11(18)4-3-9(13(20)21)16-12(19)10(23-14(16)22)6-8-2-1-5-15-7-8/h1-2,5-7,9H,3-4H2,(H,17,18)(H,20,21). The summed E-state index contributed by atoms with van der Waals surface area (Å²) < 4.78 is 0.0999. The van der Waals surface area contributed by atoms with Gasteiger partial charge in [-0.1, -0.05) is 30.0 Å². The Labute approximate surface area is 141 Å². The molecule has 2 heterocycles. The Morgan fingerprint density at radius 3 is 2.74 bits per heavy atom. The van der Waals surface area contributed by atoms with Crippen LogP contribution in [0.25, 0.3) is 6.08 Å². The second kappa shape index (κ2) is 7.34. The van der Waals surface area contributed by atoms with Crippen LogP contribution in [0.1, 0.15) is 18.4 Å². The van der Waals surface area contributed by atoms with E-state index in [2.05, 4.69) is 4.98 Å². The average molecular weight is 352 g/mol. The maximum Gasteiger partial charge on any atom is 0.326 e. The molecule has 1 unspecified atom stereocenters. The van der Waals surface area contributed by atoms with Gasteiger partial charge >= 0.3 is 11.9 Å². The van der Waals surface area contributed by atoms with Gasteiger partial charge in [0, 0.05) is 18.8 Å². The summed E-state index contributed by atoms with van der Waals surface area (Å²) >= 11 is 6.07. The number of nitrogens with zero attached hydrogens (tertiary/aromatic N) is 2. The number of thioether (sulfide) groups is 1. The molecule has 9 heteroatoms. The quantitative estimate of drug-likeness (QED) is 0.587. The van der Waals surface area contributed by atoms with Gasteiger partial charge < -0.3 is 10.2 Å². The van der Waals surface area contributed by atoms with Crippen LogP contribution < -0.4 is 0 Å². The summed E-state index contributed by atoms with van der Waals surface area (Å²) in [7, 11) is 0. The molecular weight excluding hydrogens is 340 g/mol. The summed E-state index contributed by atoms with van der Waals surface area (Å²) in [6, 6.07) is 2.16. The molecule has 1 aromatic heterocycles. The van der Waals surface area contributed by atoms with Crippen molar-refractivity contribution in [1.82, 2.24) is 9.88 Å². The number of carbonyl (C=O) groups excluding carboxylic acids is 1. The molecule has 1 fully saturated rings. The number of pyridine rings is 1. The monoisotopic (exact) mass is 352 g/mol. The van der Waals surface area contributed by atoms with Crippen LogP contribution in [0.2, 0.25) is 0 Å². The predicted molar refractivity (Wildman–Crippen MR) is 87.5 cm³/mol. The van der Waals surface area contributed by atoms with E-state index in [1.165, 1.54) is 0 Å². The highest BCUT2D eigenvalue weighted by atomic mass is 32.2. The molecule has 1 atom stereocenters. The minimum atomic E-state index is -1.29. The van der Waals surface area contributed by atoms with Crippen LogP contribution in [0.4, 0.5) is 0 Å². The van der Waals surface area contributed by atoms with E-state index in [-0.39, 0.29) is 22.1 Å². The zero-order valence-electron chi connectivity index (χ0n) is 11.7. The number of thiocarbonyl (C=S) groups is 1. The van der Waals surface area contributed by atoms with Gasteiger partial charge in [-0.2, -0.15) is 0 Å². The van der Waals surface area contributed by atoms with Gasteiger partial charge in [-0.05, 0) is 24.1 Å². The maximum absolute atomic E-state index is 12.4. The van der Waals surface area contributed by atoms with Gasteiger partial charge in [-0.3, -0.25) is 19.5 Å². The fraction of sp³-hybridized carbons (Fsp3) is 0.214. The highest BCUT2D eigenvalue weighted by Crippen LogP contribution is 2.34. The molecule has 0 aromatic carbocycles. The van der Waals surface area contributed by atoms with Gasteiger partial charge in [0.2, 0.25) is 0 Å². The third-order valence-electron chi connectivity index (χ3n) is 3.03. The lowest BCUT2D eigenvalue weighted by molar-refractivity contribution is -0.146. The molecule has 7 nitrogen and oxygen atoms in total. The van der Waals surface area contributed by atoms with Gasteiger partial charge in [-0.25, -0.2) is 4.79 Å². The van der Waals surface area contributed by atoms with E-state index in [1.807, 2.05) is 0 Å². The Balaban J connectivity index is 2.24. The highest BCUT2D eigenvalue weighted by Gasteiger charge is 2.40. The minimum absolute atomic E-state index is 0.0999. The number of carboxylic acids is 2. The number of carboxylic acid groups (broad SMARTS) is 2. The zero-order valence-corrected chi connectivity index (χ0v) is 13.3. The van der Waals surface area contributed by atoms with E-state index in [9.17, 15) is 19.5 Å². The number of aromatic nitrogens is 1. The number of hydrogen-bond donors (Lipinski definition) is 2. The van der Waals surface area contributed by atoms with Gasteiger partial charge in [0.1, 0.15) is 10.4 Å². The number of hydrogen-bond acceptors (Lipinski definition) is 6. The van der Waals surface area contributed by atoms with Crippen molar-refractivity contribution >= 4 is 52.2 Å².